The quantitative estimate of drug-likeness (QED) is 0.538. The van der Waals surface area contributed by atoms with Gasteiger partial charge in [0.2, 0.25) is 0 Å². The monoisotopic (exact) mass is 209 g/mol. The number of hydrogen-bond donors (Lipinski definition) is 3. The smallest absolute Gasteiger partial charge is 0.295 e. The Labute approximate surface area is 77.9 Å². The van der Waals surface area contributed by atoms with Crippen LogP contribution in [-0.2, 0) is 10.1 Å². The predicted octanol–water partition coefficient (Wildman–Crippen LogP) is -0.418. The van der Waals surface area contributed by atoms with Crippen LogP contribution in [0, 0.1) is 5.92 Å². The van der Waals surface area contributed by atoms with E-state index in [9.17, 15) is 13.5 Å². The molecule has 1 aliphatic rings. The van der Waals surface area contributed by atoms with Crippen molar-refractivity contribution in [2.75, 3.05) is 13.1 Å². The van der Waals surface area contributed by atoms with Gasteiger partial charge in [-0.05, 0) is 13.0 Å². The Kier molecular flexibility index (Phi) is 2.96. The number of rotatable bonds is 2. The van der Waals surface area contributed by atoms with E-state index < -0.39 is 21.0 Å². The Bertz CT molecular complexity index is 276. The Morgan fingerprint density at radius 3 is 2.62 bits per heavy atom. The van der Waals surface area contributed by atoms with Gasteiger partial charge < -0.3 is 10.4 Å². The molecule has 13 heavy (non-hydrogen) atoms. The standard InChI is InChI=1S/C7H15NO4S/c1-2-6-5-8-4-3-7(6,9)13(10,11)12/h6,8-9H,2-5H2,1H3,(H,10,11,12). The van der Waals surface area contributed by atoms with Crippen molar-refractivity contribution in [1.29, 1.82) is 0 Å². The molecule has 0 aromatic carbocycles. The highest BCUT2D eigenvalue weighted by Crippen LogP contribution is 2.31. The molecule has 78 valence electrons. The summed E-state index contributed by atoms with van der Waals surface area (Å²) in [6.07, 6.45) is 0.563. The molecule has 3 N–H and O–H groups in total. The molecule has 0 aromatic rings. The molecule has 1 rings (SSSR count). The van der Waals surface area contributed by atoms with Gasteiger partial charge in [0.15, 0.2) is 4.93 Å². The molecule has 0 bridgehead atoms. The van der Waals surface area contributed by atoms with Gasteiger partial charge in [0, 0.05) is 18.9 Å². The van der Waals surface area contributed by atoms with Gasteiger partial charge in [0.25, 0.3) is 10.1 Å². The third-order valence-electron chi connectivity index (χ3n) is 2.63. The molecule has 6 heteroatoms. The van der Waals surface area contributed by atoms with Crippen molar-refractivity contribution in [2.45, 2.75) is 24.7 Å². The summed E-state index contributed by atoms with van der Waals surface area (Å²) in [5.74, 6) is -0.434. The largest absolute Gasteiger partial charge is 0.372 e. The molecule has 0 aromatic heterocycles. The highest BCUT2D eigenvalue weighted by molar-refractivity contribution is 7.87. The molecule has 1 saturated heterocycles. The van der Waals surface area contributed by atoms with E-state index in [0.717, 1.165) is 0 Å². The molecule has 0 saturated carbocycles. The first-order chi connectivity index (χ1) is 5.92. The van der Waals surface area contributed by atoms with Crippen LogP contribution in [0.3, 0.4) is 0 Å². The van der Waals surface area contributed by atoms with Gasteiger partial charge in [-0.2, -0.15) is 8.42 Å². The summed E-state index contributed by atoms with van der Waals surface area (Å²) in [5.41, 5.74) is 0. The molecule has 1 fully saturated rings. The molecule has 0 aliphatic carbocycles. The topological polar surface area (TPSA) is 86.6 Å². The Balaban J connectivity index is 2.97. The van der Waals surface area contributed by atoms with Crippen LogP contribution in [0.15, 0.2) is 0 Å². The maximum Gasteiger partial charge on any atom is 0.295 e. The second-order valence-corrected chi connectivity index (χ2v) is 5.04. The maximum atomic E-state index is 11.0. The first-order valence-electron chi connectivity index (χ1n) is 4.32. The van der Waals surface area contributed by atoms with Crippen molar-refractivity contribution >= 4 is 10.1 Å². The second kappa shape index (κ2) is 3.53. The van der Waals surface area contributed by atoms with Crippen LogP contribution in [0.2, 0.25) is 0 Å². The minimum atomic E-state index is -4.37. The third kappa shape index (κ3) is 1.85. The van der Waals surface area contributed by atoms with E-state index in [-0.39, 0.29) is 6.42 Å². The summed E-state index contributed by atoms with van der Waals surface area (Å²) >= 11 is 0. The van der Waals surface area contributed by atoms with Crippen LogP contribution in [0.25, 0.3) is 0 Å². The second-order valence-electron chi connectivity index (χ2n) is 3.38. The van der Waals surface area contributed by atoms with Gasteiger partial charge >= 0.3 is 0 Å². The number of hydrogen-bond acceptors (Lipinski definition) is 4. The van der Waals surface area contributed by atoms with Gasteiger partial charge in [0.05, 0.1) is 0 Å². The SMILES string of the molecule is CCC1CNCCC1(O)S(=O)(=O)O. The van der Waals surface area contributed by atoms with Crippen LogP contribution in [-0.4, -0.2) is 36.1 Å². The summed E-state index contributed by atoms with van der Waals surface area (Å²) in [5, 5.41) is 12.8. The van der Waals surface area contributed by atoms with Crippen molar-refractivity contribution in [3.8, 4) is 0 Å². The predicted molar refractivity (Wildman–Crippen MR) is 47.8 cm³/mol. The Morgan fingerprint density at radius 1 is 1.62 bits per heavy atom. The summed E-state index contributed by atoms with van der Waals surface area (Å²) in [7, 11) is -4.37. The van der Waals surface area contributed by atoms with Gasteiger partial charge in [-0.1, -0.05) is 6.92 Å². The first-order valence-corrected chi connectivity index (χ1v) is 5.76. The van der Waals surface area contributed by atoms with Crippen molar-refractivity contribution < 1.29 is 18.1 Å². The fourth-order valence-corrected chi connectivity index (χ4v) is 2.74. The lowest BCUT2D eigenvalue weighted by Gasteiger charge is -2.36. The first kappa shape index (κ1) is 10.9. The zero-order valence-corrected chi connectivity index (χ0v) is 8.34. The molecule has 1 aliphatic heterocycles. The highest BCUT2D eigenvalue weighted by Gasteiger charge is 2.48. The minimum absolute atomic E-state index is 0.0460. The molecule has 0 radical (unpaired) electrons. The fourth-order valence-electron chi connectivity index (χ4n) is 1.71. The molecule has 2 atom stereocenters. The van der Waals surface area contributed by atoms with Crippen LogP contribution in [0.1, 0.15) is 19.8 Å². The normalized spacial score (nSPS) is 36.1. The van der Waals surface area contributed by atoms with Crippen LogP contribution >= 0.6 is 0 Å². The van der Waals surface area contributed by atoms with Crippen molar-refractivity contribution in [2.24, 2.45) is 5.92 Å². The number of nitrogens with one attached hydrogen (secondary N) is 1. The lowest BCUT2D eigenvalue weighted by atomic mass is 9.93. The Hall–Kier alpha value is -0.170. The van der Waals surface area contributed by atoms with Crippen LogP contribution in [0.5, 0.6) is 0 Å². The summed E-state index contributed by atoms with van der Waals surface area (Å²) < 4.78 is 30.8. The molecule has 0 amide bonds. The summed E-state index contributed by atoms with van der Waals surface area (Å²) in [6.45, 7) is 2.62. The third-order valence-corrected chi connectivity index (χ3v) is 4.06. The summed E-state index contributed by atoms with van der Waals surface area (Å²) in [4.78, 5) is -1.95. The highest BCUT2D eigenvalue weighted by atomic mass is 32.2. The molecule has 0 spiro atoms. The van der Waals surface area contributed by atoms with Gasteiger partial charge in [0.1, 0.15) is 0 Å². The fraction of sp³-hybridized carbons (Fsp3) is 1.00. The van der Waals surface area contributed by atoms with E-state index in [1.165, 1.54) is 0 Å². The zero-order chi connectivity index (χ0) is 10.1. The molecular weight excluding hydrogens is 194 g/mol. The van der Waals surface area contributed by atoms with E-state index in [0.29, 0.717) is 19.5 Å². The summed E-state index contributed by atoms with van der Waals surface area (Å²) in [6, 6.07) is 0. The molecule has 5 nitrogen and oxygen atoms in total. The van der Waals surface area contributed by atoms with Gasteiger partial charge in [-0.25, -0.2) is 0 Å². The maximum absolute atomic E-state index is 11.0. The molecule has 1 heterocycles. The van der Waals surface area contributed by atoms with E-state index in [1.54, 1.807) is 6.92 Å². The average molecular weight is 209 g/mol. The van der Waals surface area contributed by atoms with E-state index in [1.807, 2.05) is 0 Å². The van der Waals surface area contributed by atoms with Crippen LogP contribution < -0.4 is 5.32 Å². The molecule has 2 unspecified atom stereocenters. The van der Waals surface area contributed by atoms with Crippen molar-refractivity contribution in [1.82, 2.24) is 5.32 Å². The lowest BCUT2D eigenvalue weighted by molar-refractivity contribution is 0.0252. The lowest BCUT2D eigenvalue weighted by Crippen LogP contribution is -2.54. The average Bonchev–Trinajstić information content (AvgIpc) is 2.03. The minimum Gasteiger partial charge on any atom is -0.372 e. The van der Waals surface area contributed by atoms with Crippen molar-refractivity contribution in [3.63, 3.8) is 0 Å². The van der Waals surface area contributed by atoms with Gasteiger partial charge in [-0.3, -0.25) is 4.55 Å². The van der Waals surface area contributed by atoms with E-state index in [2.05, 4.69) is 5.32 Å². The van der Waals surface area contributed by atoms with E-state index in [4.69, 9.17) is 4.55 Å². The van der Waals surface area contributed by atoms with Gasteiger partial charge in [-0.15, -0.1) is 0 Å². The number of piperidine rings is 1. The van der Waals surface area contributed by atoms with E-state index >= 15 is 0 Å². The Morgan fingerprint density at radius 2 is 2.23 bits per heavy atom. The molecular formula is C7H15NO4S. The number of aliphatic hydroxyl groups is 1. The zero-order valence-electron chi connectivity index (χ0n) is 7.52. The van der Waals surface area contributed by atoms with Crippen molar-refractivity contribution in [3.05, 3.63) is 0 Å². The van der Waals surface area contributed by atoms with Crippen LogP contribution in [0.4, 0.5) is 0 Å².